The third-order valence-corrected chi connectivity index (χ3v) is 5.17. The van der Waals surface area contributed by atoms with Crippen LogP contribution in [0.3, 0.4) is 0 Å². The molecule has 0 radical (unpaired) electrons. The zero-order valence-corrected chi connectivity index (χ0v) is 14.0. The summed E-state index contributed by atoms with van der Waals surface area (Å²) in [5, 5.41) is 2.84. The van der Waals surface area contributed by atoms with Gasteiger partial charge in [-0.25, -0.2) is 13.4 Å². The molecule has 5 nitrogen and oxygen atoms in total. The van der Waals surface area contributed by atoms with E-state index in [9.17, 15) is 13.2 Å². The van der Waals surface area contributed by atoms with Gasteiger partial charge in [-0.3, -0.25) is 4.79 Å². The number of fused-ring (bicyclic) bond motifs is 1. The lowest BCUT2D eigenvalue weighted by Gasteiger charge is -2.09. The Bertz CT molecular complexity index is 894. The Morgan fingerprint density at radius 2 is 2.04 bits per heavy atom. The average Bonchev–Trinajstić information content (AvgIpc) is 2.92. The van der Waals surface area contributed by atoms with E-state index in [2.05, 4.69) is 10.3 Å². The molecule has 1 aromatic heterocycles. The second-order valence-corrected chi connectivity index (χ2v) is 7.91. The van der Waals surface area contributed by atoms with E-state index in [1.807, 2.05) is 0 Å². The molecule has 0 bridgehead atoms. The molecule has 0 saturated heterocycles. The first-order valence-corrected chi connectivity index (χ1v) is 9.41. The van der Waals surface area contributed by atoms with Crippen molar-refractivity contribution in [3.8, 4) is 0 Å². The Balaban J connectivity index is 1.88. The van der Waals surface area contributed by atoms with Crippen molar-refractivity contribution >= 4 is 33.0 Å². The van der Waals surface area contributed by atoms with E-state index >= 15 is 0 Å². The van der Waals surface area contributed by atoms with Crippen molar-refractivity contribution in [2.24, 2.45) is 0 Å². The van der Waals surface area contributed by atoms with E-state index in [4.69, 9.17) is 11.6 Å². The number of benzene rings is 1. The monoisotopic (exact) mass is 350 g/mol. The van der Waals surface area contributed by atoms with Gasteiger partial charge in [0.15, 0.2) is 9.84 Å². The summed E-state index contributed by atoms with van der Waals surface area (Å²) in [6.07, 6.45) is 3.91. The lowest BCUT2D eigenvalue weighted by molar-refractivity contribution is 0.102. The molecular formula is C16H15ClN2O3S. The number of sulfone groups is 1. The van der Waals surface area contributed by atoms with Crippen molar-refractivity contribution in [2.75, 3.05) is 11.6 Å². The molecule has 1 aliphatic rings. The van der Waals surface area contributed by atoms with E-state index < -0.39 is 15.7 Å². The smallest absolute Gasteiger partial charge is 0.258 e. The summed E-state index contributed by atoms with van der Waals surface area (Å²) >= 11 is 6.11. The van der Waals surface area contributed by atoms with Gasteiger partial charge in [0.25, 0.3) is 5.91 Å². The Kier molecular flexibility index (Phi) is 4.12. The van der Waals surface area contributed by atoms with Gasteiger partial charge < -0.3 is 5.32 Å². The molecule has 0 unspecified atom stereocenters. The molecule has 1 heterocycles. The van der Waals surface area contributed by atoms with Crippen LogP contribution >= 0.6 is 11.6 Å². The molecule has 2 aromatic rings. The van der Waals surface area contributed by atoms with Crippen molar-refractivity contribution in [1.29, 1.82) is 0 Å². The highest BCUT2D eigenvalue weighted by atomic mass is 35.5. The number of amides is 1. The second kappa shape index (κ2) is 5.94. The normalized spacial score (nSPS) is 13.7. The Labute approximate surface area is 139 Å². The van der Waals surface area contributed by atoms with Crippen LogP contribution in [0.4, 0.5) is 5.69 Å². The number of hydrogen-bond acceptors (Lipinski definition) is 4. The summed E-state index contributed by atoms with van der Waals surface area (Å²) in [6.45, 7) is 0. The number of carbonyl (C=O) groups is 1. The van der Waals surface area contributed by atoms with Gasteiger partial charge in [0, 0.05) is 17.6 Å². The van der Waals surface area contributed by atoms with Crippen LogP contribution < -0.4 is 5.32 Å². The summed E-state index contributed by atoms with van der Waals surface area (Å²) < 4.78 is 23.2. The molecule has 0 spiro atoms. The fourth-order valence-electron chi connectivity index (χ4n) is 2.61. The maximum atomic E-state index is 12.4. The fourth-order valence-corrected chi connectivity index (χ4v) is 3.52. The van der Waals surface area contributed by atoms with Gasteiger partial charge in [-0.15, -0.1) is 0 Å². The molecular weight excluding hydrogens is 336 g/mol. The Hall–Kier alpha value is -1.92. The van der Waals surface area contributed by atoms with Crippen LogP contribution in [0.1, 0.15) is 28.0 Å². The fraction of sp³-hybridized carbons (Fsp3) is 0.250. The molecule has 3 rings (SSSR count). The summed E-state index contributed by atoms with van der Waals surface area (Å²) in [7, 11) is -3.33. The third kappa shape index (κ3) is 3.38. The summed E-state index contributed by atoms with van der Waals surface area (Å²) in [4.78, 5) is 16.8. The number of pyridine rings is 1. The Morgan fingerprint density at radius 3 is 2.78 bits per heavy atom. The molecule has 0 aliphatic heterocycles. The molecule has 0 saturated carbocycles. The molecule has 7 heteroatoms. The van der Waals surface area contributed by atoms with Crippen molar-refractivity contribution < 1.29 is 13.2 Å². The molecule has 1 amide bonds. The van der Waals surface area contributed by atoms with E-state index in [-0.39, 0.29) is 10.0 Å². The van der Waals surface area contributed by atoms with Gasteiger partial charge >= 0.3 is 0 Å². The topological polar surface area (TPSA) is 76.1 Å². The number of nitrogens with one attached hydrogen (secondary N) is 1. The van der Waals surface area contributed by atoms with Gasteiger partial charge in [0.2, 0.25) is 0 Å². The van der Waals surface area contributed by atoms with E-state index in [1.165, 1.54) is 12.1 Å². The molecule has 1 aliphatic carbocycles. The number of nitrogens with zero attached hydrogens (tertiary/aromatic N) is 1. The zero-order chi connectivity index (χ0) is 16.6. The van der Waals surface area contributed by atoms with Crippen molar-refractivity contribution in [3.63, 3.8) is 0 Å². The van der Waals surface area contributed by atoms with Crippen molar-refractivity contribution in [3.05, 3.63) is 52.3 Å². The predicted octanol–water partition coefficient (Wildman–Crippen LogP) is 2.88. The molecule has 120 valence electrons. The minimum absolute atomic E-state index is 0.147. The minimum Gasteiger partial charge on any atom is -0.322 e. The number of aryl methyl sites for hydroxylation is 2. The zero-order valence-electron chi connectivity index (χ0n) is 12.5. The maximum Gasteiger partial charge on any atom is 0.258 e. The van der Waals surface area contributed by atoms with E-state index in [1.54, 1.807) is 18.2 Å². The molecule has 1 N–H and O–H groups in total. The third-order valence-electron chi connectivity index (χ3n) is 3.77. The van der Waals surface area contributed by atoms with Gasteiger partial charge in [-0.2, -0.15) is 0 Å². The van der Waals surface area contributed by atoms with Gasteiger partial charge in [-0.05, 0) is 49.1 Å². The standard InChI is InChI=1S/C16H15ClN2O3S/c1-23(21,22)12-6-3-5-11(9-12)18-16(20)13-8-10-4-2-7-14(10)19-15(13)17/h3,5-6,8-9H,2,4,7H2,1H3,(H,18,20). The molecule has 0 atom stereocenters. The van der Waals surface area contributed by atoms with Crippen LogP contribution in [-0.4, -0.2) is 25.6 Å². The summed E-state index contributed by atoms with van der Waals surface area (Å²) in [5.41, 5.74) is 2.70. The summed E-state index contributed by atoms with van der Waals surface area (Å²) in [5.74, 6) is -0.400. The number of aromatic nitrogens is 1. The largest absolute Gasteiger partial charge is 0.322 e. The first kappa shape index (κ1) is 16.0. The SMILES string of the molecule is CS(=O)(=O)c1cccc(NC(=O)c2cc3c(nc2Cl)CCC3)c1. The van der Waals surface area contributed by atoms with Crippen LogP contribution in [0.2, 0.25) is 5.15 Å². The lowest BCUT2D eigenvalue weighted by Crippen LogP contribution is -2.14. The summed E-state index contributed by atoms with van der Waals surface area (Å²) in [6, 6.07) is 7.88. The van der Waals surface area contributed by atoms with Gasteiger partial charge in [0.05, 0.1) is 10.5 Å². The highest BCUT2D eigenvalue weighted by Gasteiger charge is 2.19. The number of anilines is 1. The molecule has 23 heavy (non-hydrogen) atoms. The van der Waals surface area contributed by atoms with Crippen LogP contribution in [0.15, 0.2) is 35.2 Å². The van der Waals surface area contributed by atoms with Crippen LogP contribution in [0, 0.1) is 0 Å². The highest BCUT2D eigenvalue weighted by molar-refractivity contribution is 7.90. The van der Waals surface area contributed by atoms with Crippen LogP contribution in [0.5, 0.6) is 0 Å². The highest BCUT2D eigenvalue weighted by Crippen LogP contribution is 2.26. The second-order valence-electron chi connectivity index (χ2n) is 5.54. The van der Waals surface area contributed by atoms with Crippen molar-refractivity contribution in [1.82, 2.24) is 4.98 Å². The maximum absolute atomic E-state index is 12.4. The Morgan fingerprint density at radius 1 is 1.26 bits per heavy atom. The van der Waals surface area contributed by atoms with Crippen LogP contribution in [0.25, 0.3) is 0 Å². The molecule has 0 fully saturated rings. The number of rotatable bonds is 3. The first-order valence-electron chi connectivity index (χ1n) is 7.14. The molecule has 1 aromatic carbocycles. The average molecular weight is 351 g/mol. The predicted molar refractivity (Wildman–Crippen MR) is 88.8 cm³/mol. The number of carbonyl (C=O) groups excluding carboxylic acids is 1. The van der Waals surface area contributed by atoms with Crippen LogP contribution in [-0.2, 0) is 22.7 Å². The number of hydrogen-bond donors (Lipinski definition) is 1. The lowest BCUT2D eigenvalue weighted by atomic mass is 10.1. The quantitative estimate of drug-likeness (QED) is 0.863. The van der Waals surface area contributed by atoms with Gasteiger partial charge in [0.1, 0.15) is 5.15 Å². The van der Waals surface area contributed by atoms with E-state index in [0.717, 1.165) is 36.8 Å². The van der Waals surface area contributed by atoms with Crippen molar-refractivity contribution in [2.45, 2.75) is 24.2 Å². The minimum atomic E-state index is -3.33. The number of halogens is 1. The van der Waals surface area contributed by atoms with Gasteiger partial charge in [-0.1, -0.05) is 17.7 Å². The first-order chi connectivity index (χ1) is 10.8. The van der Waals surface area contributed by atoms with E-state index in [0.29, 0.717) is 11.3 Å².